The van der Waals surface area contributed by atoms with Gasteiger partial charge in [0, 0.05) is 19.6 Å². The predicted molar refractivity (Wildman–Crippen MR) is 65.5 cm³/mol. The van der Waals surface area contributed by atoms with Crippen LogP contribution in [0.2, 0.25) is 0 Å². The molecule has 0 saturated carbocycles. The van der Waals surface area contributed by atoms with Crippen LogP contribution in [-0.2, 0) is 4.79 Å². The predicted octanol–water partition coefficient (Wildman–Crippen LogP) is 1.30. The van der Waals surface area contributed by atoms with Crippen molar-refractivity contribution in [3.8, 4) is 0 Å². The number of carbonyl (C=O) groups is 1. The number of hydrogen-bond donors (Lipinski definition) is 0. The van der Waals surface area contributed by atoms with Gasteiger partial charge in [0.1, 0.15) is 0 Å². The number of likely N-dealkylation sites (N-methyl/N-ethyl adjacent to an activating group) is 2. The molecule has 3 nitrogen and oxygen atoms in total. The highest BCUT2D eigenvalue weighted by Gasteiger charge is 2.30. The van der Waals surface area contributed by atoms with E-state index in [0.29, 0.717) is 5.78 Å². The average Bonchev–Trinajstić information content (AvgIpc) is 2.32. The minimum absolute atomic E-state index is 0.0862. The molecule has 90 valence electrons. The Bertz CT molecular complexity index is 298. The summed E-state index contributed by atoms with van der Waals surface area (Å²) < 4.78 is 0. The van der Waals surface area contributed by atoms with Gasteiger partial charge in [-0.25, -0.2) is 0 Å². The van der Waals surface area contributed by atoms with E-state index >= 15 is 0 Å². The Morgan fingerprint density at radius 1 is 1.31 bits per heavy atom. The first-order valence-corrected chi connectivity index (χ1v) is 6.30. The monoisotopic (exact) mass is 222 g/mol. The van der Waals surface area contributed by atoms with Gasteiger partial charge in [0.05, 0.1) is 6.04 Å². The van der Waals surface area contributed by atoms with Gasteiger partial charge in [-0.15, -0.1) is 0 Å². The molecule has 1 saturated heterocycles. The van der Waals surface area contributed by atoms with Crippen molar-refractivity contribution in [1.82, 2.24) is 9.80 Å². The molecular formula is C13H22N2O. The first-order chi connectivity index (χ1) is 7.68. The van der Waals surface area contributed by atoms with E-state index < -0.39 is 0 Å². The van der Waals surface area contributed by atoms with E-state index in [2.05, 4.69) is 30.0 Å². The summed E-state index contributed by atoms with van der Waals surface area (Å²) >= 11 is 0. The maximum absolute atomic E-state index is 12.4. The van der Waals surface area contributed by atoms with Gasteiger partial charge in [0.2, 0.25) is 0 Å². The fourth-order valence-corrected chi connectivity index (χ4v) is 2.57. The quantitative estimate of drug-likeness (QED) is 0.703. The van der Waals surface area contributed by atoms with Crippen LogP contribution < -0.4 is 0 Å². The van der Waals surface area contributed by atoms with E-state index in [1.807, 2.05) is 0 Å². The molecule has 1 aliphatic heterocycles. The van der Waals surface area contributed by atoms with Crippen molar-refractivity contribution in [2.45, 2.75) is 31.7 Å². The molecule has 0 amide bonds. The molecule has 0 spiro atoms. The number of ketones is 1. The summed E-state index contributed by atoms with van der Waals surface area (Å²) in [6, 6.07) is 0.0862. The van der Waals surface area contributed by atoms with Crippen LogP contribution in [0.3, 0.4) is 0 Å². The lowest BCUT2D eigenvalue weighted by Crippen LogP contribution is -2.53. The lowest BCUT2D eigenvalue weighted by atomic mass is 9.92. The Hall–Kier alpha value is -0.670. The standard InChI is InChI=1S/C13H22N2O/c1-14-8-9-15(2)12(10-14)13(16)11-6-4-3-5-7-11/h6,12H,3-5,7-10H2,1-2H3. The number of piperazine rings is 1. The van der Waals surface area contributed by atoms with Crippen LogP contribution in [0.15, 0.2) is 11.6 Å². The Labute approximate surface area is 98.1 Å². The molecule has 0 N–H and O–H groups in total. The van der Waals surface area contributed by atoms with Gasteiger partial charge in [-0.1, -0.05) is 6.08 Å². The number of Topliss-reactive ketones (excluding diaryl/α,β-unsaturated/α-hetero) is 1. The summed E-state index contributed by atoms with van der Waals surface area (Å²) in [6.07, 6.45) is 6.68. The van der Waals surface area contributed by atoms with E-state index in [1.165, 1.54) is 12.8 Å². The fourth-order valence-electron chi connectivity index (χ4n) is 2.57. The number of hydrogen-bond acceptors (Lipinski definition) is 3. The molecule has 1 atom stereocenters. The van der Waals surface area contributed by atoms with E-state index in [0.717, 1.165) is 38.0 Å². The van der Waals surface area contributed by atoms with Crippen LogP contribution in [0.5, 0.6) is 0 Å². The number of nitrogens with zero attached hydrogens (tertiary/aromatic N) is 2. The number of rotatable bonds is 2. The Balaban J connectivity index is 2.04. The second kappa shape index (κ2) is 5.11. The maximum atomic E-state index is 12.4. The smallest absolute Gasteiger partial charge is 0.176 e. The third-order valence-electron chi connectivity index (χ3n) is 3.76. The van der Waals surface area contributed by atoms with Crippen molar-refractivity contribution in [3.05, 3.63) is 11.6 Å². The van der Waals surface area contributed by atoms with Crippen molar-refractivity contribution in [1.29, 1.82) is 0 Å². The molecule has 3 heteroatoms. The van der Waals surface area contributed by atoms with Gasteiger partial charge in [-0.2, -0.15) is 0 Å². The van der Waals surface area contributed by atoms with E-state index in [4.69, 9.17) is 0 Å². The Kier molecular flexibility index (Phi) is 3.77. The molecule has 2 aliphatic rings. The first-order valence-electron chi connectivity index (χ1n) is 6.30. The summed E-state index contributed by atoms with van der Waals surface area (Å²) in [7, 11) is 4.17. The van der Waals surface area contributed by atoms with Crippen molar-refractivity contribution in [3.63, 3.8) is 0 Å². The van der Waals surface area contributed by atoms with Crippen LogP contribution in [0.25, 0.3) is 0 Å². The van der Waals surface area contributed by atoms with E-state index in [-0.39, 0.29) is 6.04 Å². The average molecular weight is 222 g/mol. The van der Waals surface area contributed by atoms with Crippen LogP contribution >= 0.6 is 0 Å². The molecular weight excluding hydrogens is 200 g/mol. The third kappa shape index (κ3) is 2.53. The van der Waals surface area contributed by atoms with Crippen LogP contribution in [0.1, 0.15) is 25.7 Å². The second-order valence-electron chi connectivity index (χ2n) is 5.10. The summed E-state index contributed by atoms with van der Waals surface area (Å²) in [5.74, 6) is 0.369. The second-order valence-corrected chi connectivity index (χ2v) is 5.10. The normalized spacial score (nSPS) is 28.9. The minimum atomic E-state index is 0.0862. The highest BCUT2D eigenvalue weighted by atomic mass is 16.1. The fraction of sp³-hybridized carbons (Fsp3) is 0.769. The lowest BCUT2D eigenvalue weighted by molar-refractivity contribution is -0.122. The summed E-state index contributed by atoms with van der Waals surface area (Å²) in [6.45, 7) is 2.95. The van der Waals surface area contributed by atoms with E-state index in [1.54, 1.807) is 0 Å². The Morgan fingerprint density at radius 2 is 2.12 bits per heavy atom. The molecule has 0 aromatic carbocycles. The minimum Gasteiger partial charge on any atom is -0.303 e. The van der Waals surface area contributed by atoms with Gasteiger partial charge >= 0.3 is 0 Å². The zero-order chi connectivity index (χ0) is 11.5. The van der Waals surface area contributed by atoms with Crippen molar-refractivity contribution < 1.29 is 4.79 Å². The molecule has 16 heavy (non-hydrogen) atoms. The first kappa shape index (κ1) is 11.8. The number of carbonyl (C=O) groups excluding carboxylic acids is 1. The van der Waals surface area contributed by atoms with Gasteiger partial charge in [-0.05, 0) is 45.4 Å². The molecule has 0 radical (unpaired) electrons. The molecule has 2 rings (SSSR count). The van der Waals surface area contributed by atoms with Crippen molar-refractivity contribution in [2.75, 3.05) is 33.7 Å². The van der Waals surface area contributed by atoms with Crippen LogP contribution in [0, 0.1) is 0 Å². The SMILES string of the molecule is CN1CCN(C)C(C(=O)C2=CCCCC2)C1. The molecule has 1 unspecified atom stereocenters. The highest BCUT2D eigenvalue weighted by molar-refractivity contribution is 5.99. The Morgan fingerprint density at radius 3 is 2.81 bits per heavy atom. The lowest BCUT2D eigenvalue weighted by Gasteiger charge is -2.37. The largest absolute Gasteiger partial charge is 0.303 e. The maximum Gasteiger partial charge on any atom is 0.176 e. The molecule has 1 aliphatic carbocycles. The van der Waals surface area contributed by atoms with Gasteiger partial charge < -0.3 is 4.90 Å². The molecule has 1 fully saturated rings. The number of allylic oxidation sites excluding steroid dienone is 1. The van der Waals surface area contributed by atoms with Gasteiger partial charge in [0.25, 0.3) is 0 Å². The summed E-state index contributed by atoms with van der Waals surface area (Å²) in [4.78, 5) is 16.8. The molecule has 1 heterocycles. The van der Waals surface area contributed by atoms with Crippen LogP contribution in [-0.4, -0.2) is 55.4 Å². The zero-order valence-corrected chi connectivity index (χ0v) is 10.4. The van der Waals surface area contributed by atoms with Crippen molar-refractivity contribution in [2.24, 2.45) is 0 Å². The topological polar surface area (TPSA) is 23.6 Å². The highest BCUT2D eigenvalue weighted by Crippen LogP contribution is 2.21. The molecule has 0 bridgehead atoms. The van der Waals surface area contributed by atoms with Gasteiger partial charge in [-0.3, -0.25) is 9.69 Å². The molecule has 0 aromatic heterocycles. The van der Waals surface area contributed by atoms with Gasteiger partial charge in [0.15, 0.2) is 5.78 Å². The summed E-state index contributed by atoms with van der Waals surface area (Å²) in [5, 5.41) is 0. The zero-order valence-electron chi connectivity index (χ0n) is 10.4. The van der Waals surface area contributed by atoms with Crippen molar-refractivity contribution >= 4 is 5.78 Å². The third-order valence-corrected chi connectivity index (χ3v) is 3.76. The van der Waals surface area contributed by atoms with E-state index in [9.17, 15) is 4.79 Å². The summed E-state index contributed by atoms with van der Waals surface area (Å²) in [5.41, 5.74) is 1.08. The van der Waals surface area contributed by atoms with Crippen LogP contribution in [0.4, 0.5) is 0 Å². The molecule has 0 aromatic rings.